The van der Waals surface area contributed by atoms with Gasteiger partial charge in [0.15, 0.2) is 0 Å². The van der Waals surface area contributed by atoms with Crippen LogP contribution in [0.2, 0.25) is 0 Å². The molecule has 1 heterocycles. The molecule has 1 amide bonds. The highest BCUT2D eigenvalue weighted by Gasteiger charge is 2.15. The van der Waals surface area contributed by atoms with Gasteiger partial charge in [0.1, 0.15) is 0 Å². The van der Waals surface area contributed by atoms with Crippen LogP contribution in [-0.4, -0.2) is 35.5 Å². The first-order chi connectivity index (χ1) is 15.7. The Bertz CT molecular complexity index is 940. The number of carbonyl (C=O) groups is 2. The summed E-state index contributed by atoms with van der Waals surface area (Å²) in [7, 11) is 1.40. The number of hydrogen-bond donors (Lipinski definition) is 1. The number of ether oxygens (including phenoxy) is 1. The highest BCUT2D eigenvalue weighted by atomic mass is 16.5. The smallest absolute Gasteiger partial charge is 0.305 e. The van der Waals surface area contributed by atoms with Gasteiger partial charge in [0, 0.05) is 36.7 Å². The van der Waals surface area contributed by atoms with E-state index in [1.165, 1.54) is 7.11 Å². The van der Waals surface area contributed by atoms with Gasteiger partial charge in [-0.25, -0.2) is 9.97 Å². The van der Waals surface area contributed by atoms with Crippen molar-refractivity contribution in [1.82, 2.24) is 15.3 Å². The molecule has 0 unspecified atom stereocenters. The van der Waals surface area contributed by atoms with E-state index in [0.29, 0.717) is 24.5 Å². The minimum Gasteiger partial charge on any atom is -0.469 e. The van der Waals surface area contributed by atoms with Crippen LogP contribution in [0.5, 0.6) is 0 Å². The van der Waals surface area contributed by atoms with E-state index in [9.17, 15) is 9.59 Å². The summed E-state index contributed by atoms with van der Waals surface area (Å²) in [5, 5.41) is 2.90. The van der Waals surface area contributed by atoms with Crippen LogP contribution >= 0.6 is 0 Å². The second kappa shape index (κ2) is 12.2. The fraction of sp³-hybridized carbons (Fsp3) is 0.280. The average molecular weight is 433 g/mol. The predicted octanol–water partition coefficient (Wildman–Crippen LogP) is 4.80. The number of rotatable bonds is 11. The topological polar surface area (TPSA) is 84.4 Å². The molecule has 7 nitrogen and oxygen atoms in total. The van der Waals surface area contributed by atoms with Gasteiger partial charge in [0.2, 0.25) is 5.95 Å². The summed E-state index contributed by atoms with van der Waals surface area (Å²) in [5.41, 5.74) is 2.28. The van der Waals surface area contributed by atoms with Gasteiger partial charge in [-0.3, -0.25) is 14.5 Å². The van der Waals surface area contributed by atoms with Gasteiger partial charge < -0.3 is 10.1 Å². The van der Waals surface area contributed by atoms with E-state index in [2.05, 4.69) is 20.0 Å². The van der Waals surface area contributed by atoms with Crippen molar-refractivity contribution in [2.45, 2.75) is 32.1 Å². The minimum atomic E-state index is -0.197. The van der Waals surface area contributed by atoms with Gasteiger partial charge in [0.25, 0.3) is 5.91 Å². The average Bonchev–Trinajstić information content (AvgIpc) is 2.85. The molecule has 0 saturated carbocycles. The van der Waals surface area contributed by atoms with Crippen molar-refractivity contribution in [3.05, 3.63) is 78.6 Å². The second-order valence-corrected chi connectivity index (χ2v) is 7.27. The Kier molecular flexibility index (Phi) is 8.74. The predicted molar refractivity (Wildman–Crippen MR) is 124 cm³/mol. The number of esters is 1. The Labute approximate surface area is 188 Å². The number of amides is 1. The van der Waals surface area contributed by atoms with Crippen LogP contribution in [0.3, 0.4) is 0 Å². The van der Waals surface area contributed by atoms with Crippen molar-refractivity contribution in [1.29, 1.82) is 0 Å². The Morgan fingerprint density at radius 2 is 1.41 bits per heavy atom. The van der Waals surface area contributed by atoms with Crippen molar-refractivity contribution in [3.63, 3.8) is 0 Å². The van der Waals surface area contributed by atoms with E-state index in [1.807, 2.05) is 65.6 Å². The molecule has 1 aromatic heterocycles. The summed E-state index contributed by atoms with van der Waals surface area (Å²) < 4.78 is 4.62. The number of carbonyl (C=O) groups excluding carboxylic acids is 2. The summed E-state index contributed by atoms with van der Waals surface area (Å²) in [4.78, 5) is 34.4. The molecule has 1 N–H and O–H groups in total. The zero-order chi connectivity index (χ0) is 22.6. The number of methoxy groups -OCH3 is 1. The molecule has 0 aliphatic heterocycles. The number of nitrogens with zero attached hydrogens (tertiary/aromatic N) is 3. The fourth-order valence-electron chi connectivity index (χ4n) is 3.24. The first kappa shape index (κ1) is 22.9. The normalized spacial score (nSPS) is 10.4. The van der Waals surface area contributed by atoms with Crippen molar-refractivity contribution in [2.75, 3.05) is 18.6 Å². The minimum absolute atomic E-state index is 0.181. The van der Waals surface area contributed by atoms with Crippen LogP contribution in [0.4, 0.5) is 17.3 Å². The molecule has 0 radical (unpaired) electrons. The molecule has 0 saturated heterocycles. The number of nitrogens with one attached hydrogen (secondary N) is 1. The first-order valence-corrected chi connectivity index (χ1v) is 10.8. The third-order valence-electron chi connectivity index (χ3n) is 4.95. The molecule has 3 rings (SSSR count). The zero-order valence-electron chi connectivity index (χ0n) is 18.2. The van der Waals surface area contributed by atoms with E-state index >= 15 is 0 Å². The second-order valence-electron chi connectivity index (χ2n) is 7.27. The van der Waals surface area contributed by atoms with Gasteiger partial charge in [-0.15, -0.1) is 0 Å². The molecule has 32 heavy (non-hydrogen) atoms. The molecule has 166 valence electrons. The maximum Gasteiger partial charge on any atom is 0.305 e. The zero-order valence-corrected chi connectivity index (χ0v) is 18.2. The quantitative estimate of drug-likeness (QED) is 0.346. The lowest BCUT2D eigenvalue weighted by molar-refractivity contribution is -0.140. The highest BCUT2D eigenvalue weighted by molar-refractivity contribution is 5.93. The van der Waals surface area contributed by atoms with Gasteiger partial charge >= 0.3 is 5.97 Å². The number of hydrogen-bond acceptors (Lipinski definition) is 6. The van der Waals surface area contributed by atoms with E-state index in [-0.39, 0.29) is 11.9 Å². The van der Waals surface area contributed by atoms with Crippen LogP contribution in [0.25, 0.3) is 0 Å². The van der Waals surface area contributed by atoms with Gasteiger partial charge in [0.05, 0.1) is 12.7 Å². The fourth-order valence-corrected chi connectivity index (χ4v) is 3.24. The largest absolute Gasteiger partial charge is 0.469 e. The summed E-state index contributed by atoms with van der Waals surface area (Å²) >= 11 is 0. The lowest BCUT2D eigenvalue weighted by atomic mass is 10.1. The molecule has 2 aromatic carbocycles. The Morgan fingerprint density at radius 1 is 0.844 bits per heavy atom. The van der Waals surface area contributed by atoms with Gasteiger partial charge in [-0.2, -0.15) is 0 Å². The van der Waals surface area contributed by atoms with Crippen molar-refractivity contribution >= 4 is 29.2 Å². The van der Waals surface area contributed by atoms with Gasteiger partial charge in [-0.05, 0) is 37.1 Å². The molecule has 0 atom stereocenters. The summed E-state index contributed by atoms with van der Waals surface area (Å²) in [6, 6.07) is 19.7. The molecule has 0 spiro atoms. The van der Waals surface area contributed by atoms with Crippen LogP contribution in [0.15, 0.2) is 73.1 Å². The summed E-state index contributed by atoms with van der Waals surface area (Å²) in [6.45, 7) is 0.568. The lowest BCUT2D eigenvalue weighted by Crippen LogP contribution is -2.25. The number of anilines is 3. The van der Waals surface area contributed by atoms with Crippen molar-refractivity contribution < 1.29 is 14.3 Å². The Hall–Kier alpha value is -3.74. The highest BCUT2D eigenvalue weighted by Crippen LogP contribution is 2.31. The molecule has 0 aliphatic carbocycles. The number of benzene rings is 2. The maximum absolute atomic E-state index is 12.4. The van der Waals surface area contributed by atoms with Crippen LogP contribution in [0.1, 0.15) is 42.5 Å². The van der Waals surface area contributed by atoms with E-state index in [4.69, 9.17) is 0 Å². The molecule has 7 heteroatoms. The summed E-state index contributed by atoms with van der Waals surface area (Å²) in [6.07, 6.45) is 7.06. The third kappa shape index (κ3) is 6.63. The van der Waals surface area contributed by atoms with Crippen LogP contribution in [0, 0.1) is 0 Å². The Morgan fingerprint density at radius 3 is 1.97 bits per heavy atom. The molecule has 3 aromatic rings. The number of aromatic nitrogens is 2. The molecular weight excluding hydrogens is 404 g/mol. The third-order valence-corrected chi connectivity index (χ3v) is 4.95. The van der Waals surface area contributed by atoms with E-state index < -0.39 is 0 Å². The molecule has 0 fully saturated rings. The first-order valence-electron chi connectivity index (χ1n) is 10.8. The SMILES string of the molecule is COC(=O)CCCCCCNC(=O)c1cnc(N(c2ccccc2)c2ccccc2)nc1. The molecular formula is C25H28N4O3. The van der Waals surface area contributed by atoms with Crippen molar-refractivity contribution in [2.24, 2.45) is 0 Å². The molecule has 0 aliphatic rings. The standard InChI is InChI=1S/C25H28N4O3/c1-32-23(30)16-10-2-3-11-17-26-24(31)20-18-27-25(28-19-20)29(21-12-6-4-7-13-21)22-14-8-5-9-15-22/h4-9,12-15,18-19H,2-3,10-11,16-17H2,1H3,(H,26,31). The Balaban J connectivity index is 1.56. The maximum atomic E-state index is 12.4. The monoisotopic (exact) mass is 432 g/mol. The van der Waals surface area contributed by atoms with Crippen LogP contribution < -0.4 is 10.2 Å². The molecule has 0 bridgehead atoms. The lowest BCUT2D eigenvalue weighted by Gasteiger charge is -2.22. The van der Waals surface area contributed by atoms with E-state index in [1.54, 1.807) is 12.4 Å². The van der Waals surface area contributed by atoms with Crippen LogP contribution in [-0.2, 0) is 9.53 Å². The van der Waals surface area contributed by atoms with E-state index in [0.717, 1.165) is 37.1 Å². The number of unbranched alkanes of at least 4 members (excludes halogenated alkanes) is 3. The number of para-hydroxylation sites is 2. The van der Waals surface area contributed by atoms with Gasteiger partial charge in [-0.1, -0.05) is 49.2 Å². The van der Waals surface area contributed by atoms with Crippen molar-refractivity contribution in [3.8, 4) is 0 Å². The summed E-state index contributed by atoms with van der Waals surface area (Å²) in [5.74, 6) is 0.112.